The van der Waals surface area contributed by atoms with Crippen molar-refractivity contribution in [3.8, 4) is 11.6 Å². The first-order valence-corrected chi connectivity index (χ1v) is 5.72. The summed E-state index contributed by atoms with van der Waals surface area (Å²) in [6.45, 7) is 0. The van der Waals surface area contributed by atoms with Crippen molar-refractivity contribution in [3.63, 3.8) is 0 Å². The number of hydrogen-bond acceptors (Lipinski definition) is 4. The summed E-state index contributed by atoms with van der Waals surface area (Å²) in [4.78, 5) is 17.1. The number of benzene rings is 1. The Balaban J connectivity index is 2.36. The molecule has 0 aliphatic rings. The molecule has 0 atom stereocenters. The third-order valence-electron chi connectivity index (χ3n) is 2.46. The normalized spacial score (nSPS) is 10.0. The number of anilines is 1. The molecule has 2 aromatic rings. The minimum Gasteiger partial charge on any atom is -0.478 e. The van der Waals surface area contributed by atoms with Gasteiger partial charge in [0.25, 0.3) is 0 Å². The van der Waals surface area contributed by atoms with Crippen molar-refractivity contribution >= 4 is 11.8 Å². The van der Waals surface area contributed by atoms with Crippen LogP contribution in [0.5, 0.6) is 11.6 Å². The first kappa shape index (κ1) is 12.9. The van der Waals surface area contributed by atoms with Crippen molar-refractivity contribution in [2.45, 2.75) is 0 Å². The number of nitrogens with zero attached hydrogens (tertiary/aromatic N) is 2. The van der Waals surface area contributed by atoms with Crippen molar-refractivity contribution < 1.29 is 14.6 Å². The Kier molecular flexibility index (Phi) is 3.66. The maximum atomic E-state index is 11.1. The minimum atomic E-state index is -1.01. The van der Waals surface area contributed by atoms with Gasteiger partial charge in [0.1, 0.15) is 11.6 Å². The summed E-state index contributed by atoms with van der Waals surface area (Å²) < 4.78 is 5.56. The van der Waals surface area contributed by atoms with Crippen LogP contribution in [0.1, 0.15) is 10.4 Å². The smallest absolute Gasteiger partial charge is 0.336 e. The van der Waals surface area contributed by atoms with E-state index < -0.39 is 5.97 Å². The molecule has 1 N–H and O–H groups in total. The van der Waals surface area contributed by atoms with Crippen molar-refractivity contribution in [2.24, 2.45) is 0 Å². The maximum Gasteiger partial charge on any atom is 0.336 e. The van der Waals surface area contributed by atoms with E-state index in [0.717, 1.165) is 0 Å². The van der Waals surface area contributed by atoms with Gasteiger partial charge < -0.3 is 14.7 Å². The first-order valence-electron chi connectivity index (χ1n) is 5.72. The Morgan fingerprint density at radius 1 is 1.21 bits per heavy atom. The number of rotatable bonds is 4. The number of carboxylic acid groups (broad SMARTS) is 1. The molecular weight excluding hydrogens is 244 g/mol. The van der Waals surface area contributed by atoms with Gasteiger partial charge in [0.05, 0.1) is 5.56 Å². The van der Waals surface area contributed by atoms with E-state index in [1.807, 2.05) is 18.2 Å². The van der Waals surface area contributed by atoms with E-state index in [2.05, 4.69) is 4.98 Å². The molecule has 0 amide bonds. The molecule has 5 nitrogen and oxygen atoms in total. The van der Waals surface area contributed by atoms with Crippen LogP contribution >= 0.6 is 0 Å². The first-order chi connectivity index (χ1) is 9.06. The lowest BCUT2D eigenvalue weighted by Crippen LogP contribution is -2.12. The second-order valence-electron chi connectivity index (χ2n) is 4.17. The molecule has 2 rings (SSSR count). The fraction of sp³-hybridized carbons (Fsp3) is 0.143. The van der Waals surface area contributed by atoms with Crippen LogP contribution in [0.2, 0.25) is 0 Å². The van der Waals surface area contributed by atoms with E-state index in [9.17, 15) is 4.79 Å². The zero-order chi connectivity index (χ0) is 13.8. The summed E-state index contributed by atoms with van der Waals surface area (Å²) in [7, 11) is 3.58. The van der Waals surface area contributed by atoms with Crippen LogP contribution in [0.3, 0.4) is 0 Å². The van der Waals surface area contributed by atoms with Gasteiger partial charge in [0.2, 0.25) is 5.88 Å². The van der Waals surface area contributed by atoms with Crippen LogP contribution in [0.4, 0.5) is 5.82 Å². The standard InChI is InChI=1S/C14H14N2O3/c1-16(2)12-8-10(14(17)18)9-13(15-12)19-11-6-4-3-5-7-11/h3-9H,1-2H3,(H,17,18). The molecule has 19 heavy (non-hydrogen) atoms. The molecule has 0 saturated carbocycles. The second-order valence-corrected chi connectivity index (χ2v) is 4.17. The van der Waals surface area contributed by atoms with E-state index in [4.69, 9.17) is 9.84 Å². The number of carboxylic acids is 1. The number of hydrogen-bond donors (Lipinski definition) is 1. The number of aromatic nitrogens is 1. The van der Waals surface area contributed by atoms with Gasteiger partial charge in [0.15, 0.2) is 0 Å². The predicted molar refractivity (Wildman–Crippen MR) is 72.0 cm³/mol. The molecule has 0 saturated heterocycles. The molecular formula is C14H14N2O3. The molecule has 1 aromatic carbocycles. The van der Waals surface area contributed by atoms with Crippen molar-refractivity contribution in [1.29, 1.82) is 0 Å². The van der Waals surface area contributed by atoms with Gasteiger partial charge in [-0.1, -0.05) is 18.2 Å². The van der Waals surface area contributed by atoms with E-state index >= 15 is 0 Å². The Bertz CT molecular complexity index is 582. The summed E-state index contributed by atoms with van der Waals surface area (Å²) in [6.07, 6.45) is 0. The van der Waals surface area contributed by atoms with Gasteiger partial charge in [0, 0.05) is 20.2 Å². The van der Waals surface area contributed by atoms with E-state index in [1.54, 1.807) is 31.1 Å². The van der Waals surface area contributed by atoms with Gasteiger partial charge in [-0.25, -0.2) is 4.79 Å². The Morgan fingerprint density at radius 3 is 2.47 bits per heavy atom. The van der Waals surface area contributed by atoms with E-state index in [0.29, 0.717) is 11.6 Å². The third-order valence-corrected chi connectivity index (χ3v) is 2.46. The highest BCUT2D eigenvalue weighted by molar-refractivity contribution is 5.88. The van der Waals surface area contributed by atoms with Gasteiger partial charge >= 0.3 is 5.97 Å². The zero-order valence-corrected chi connectivity index (χ0v) is 10.7. The summed E-state index contributed by atoms with van der Waals surface area (Å²) in [6, 6.07) is 12.0. The predicted octanol–water partition coefficient (Wildman–Crippen LogP) is 2.64. The van der Waals surface area contributed by atoms with Gasteiger partial charge in [-0.15, -0.1) is 0 Å². The topological polar surface area (TPSA) is 62.7 Å². The molecule has 0 aliphatic carbocycles. The molecule has 1 aromatic heterocycles. The molecule has 5 heteroatoms. The number of carbonyl (C=O) groups is 1. The van der Waals surface area contributed by atoms with Crippen LogP contribution in [0.15, 0.2) is 42.5 Å². The zero-order valence-electron chi connectivity index (χ0n) is 10.7. The minimum absolute atomic E-state index is 0.143. The fourth-order valence-corrected chi connectivity index (χ4v) is 1.51. The number of pyridine rings is 1. The fourth-order valence-electron chi connectivity index (χ4n) is 1.51. The van der Waals surface area contributed by atoms with Crippen molar-refractivity contribution in [1.82, 2.24) is 4.98 Å². The summed E-state index contributed by atoms with van der Waals surface area (Å²) in [5.74, 6) is 0.395. The molecule has 0 bridgehead atoms. The van der Waals surface area contributed by atoms with Crippen molar-refractivity contribution in [3.05, 3.63) is 48.0 Å². The maximum absolute atomic E-state index is 11.1. The highest BCUT2D eigenvalue weighted by atomic mass is 16.5. The second kappa shape index (κ2) is 5.39. The van der Waals surface area contributed by atoms with Gasteiger partial charge in [-0.05, 0) is 18.2 Å². The molecule has 1 heterocycles. The molecule has 0 radical (unpaired) electrons. The highest BCUT2D eigenvalue weighted by Gasteiger charge is 2.11. The van der Waals surface area contributed by atoms with Crippen LogP contribution in [-0.4, -0.2) is 30.2 Å². The van der Waals surface area contributed by atoms with Crippen LogP contribution in [-0.2, 0) is 0 Å². The third kappa shape index (κ3) is 3.22. The summed E-state index contributed by atoms with van der Waals surface area (Å²) >= 11 is 0. The van der Waals surface area contributed by atoms with Crippen LogP contribution < -0.4 is 9.64 Å². The van der Waals surface area contributed by atoms with E-state index in [-0.39, 0.29) is 11.4 Å². The average Bonchev–Trinajstić information content (AvgIpc) is 2.39. The van der Waals surface area contributed by atoms with Crippen LogP contribution in [0.25, 0.3) is 0 Å². The monoisotopic (exact) mass is 258 g/mol. The average molecular weight is 258 g/mol. The quantitative estimate of drug-likeness (QED) is 0.913. The SMILES string of the molecule is CN(C)c1cc(C(=O)O)cc(Oc2ccccc2)n1. The van der Waals surface area contributed by atoms with Crippen molar-refractivity contribution in [2.75, 3.05) is 19.0 Å². The van der Waals surface area contributed by atoms with E-state index in [1.165, 1.54) is 12.1 Å². The number of para-hydroxylation sites is 1. The molecule has 0 unspecified atom stereocenters. The van der Waals surface area contributed by atoms with Gasteiger partial charge in [-0.2, -0.15) is 4.98 Å². The lowest BCUT2D eigenvalue weighted by molar-refractivity contribution is 0.0696. The van der Waals surface area contributed by atoms with Gasteiger partial charge in [-0.3, -0.25) is 0 Å². The Labute approximate surface area is 111 Å². The molecule has 0 fully saturated rings. The molecule has 0 spiro atoms. The molecule has 98 valence electrons. The van der Waals surface area contributed by atoms with Crippen LogP contribution in [0, 0.1) is 0 Å². The highest BCUT2D eigenvalue weighted by Crippen LogP contribution is 2.23. The number of aromatic carboxylic acids is 1. The largest absolute Gasteiger partial charge is 0.478 e. The Hall–Kier alpha value is -2.56. The number of ether oxygens (including phenoxy) is 1. The lowest BCUT2D eigenvalue weighted by atomic mass is 10.2. The lowest BCUT2D eigenvalue weighted by Gasteiger charge is -2.14. The molecule has 0 aliphatic heterocycles. The summed E-state index contributed by atoms with van der Waals surface area (Å²) in [5, 5.41) is 9.08. The Morgan fingerprint density at radius 2 is 1.89 bits per heavy atom. The summed E-state index contributed by atoms with van der Waals surface area (Å²) in [5.41, 5.74) is 0.143.